The van der Waals surface area contributed by atoms with Gasteiger partial charge in [-0.3, -0.25) is 0 Å². The van der Waals surface area contributed by atoms with Crippen molar-refractivity contribution in [1.82, 2.24) is 0 Å². The van der Waals surface area contributed by atoms with Gasteiger partial charge in [-0.1, -0.05) is 60.3 Å². The van der Waals surface area contributed by atoms with E-state index < -0.39 is 5.12 Å². The minimum Gasteiger partial charge on any atom is -0.332 e. The zero-order valence-corrected chi connectivity index (χ0v) is 11.6. The summed E-state index contributed by atoms with van der Waals surface area (Å²) in [4.78, 5) is 4.37. The number of benzene rings is 2. The SMILES string of the molecule is C1=NC(Nc2ccccc2)(SCc2ccccc2)N=N1. The van der Waals surface area contributed by atoms with Crippen LogP contribution in [-0.4, -0.2) is 11.5 Å². The molecule has 0 saturated heterocycles. The predicted octanol–water partition coefficient (Wildman–Crippen LogP) is 4.14. The van der Waals surface area contributed by atoms with Crippen molar-refractivity contribution in [3.8, 4) is 0 Å². The maximum Gasteiger partial charge on any atom is 0.296 e. The van der Waals surface area contributed by atoms with E-state index in [0.717, 1.165) is 11.4 Å². The molecule has 1 heterocycles. The van der Waals surface area contributed by atoms with Crippen molar-refractivity contribution in [3.63, 3.8) is 0 Å². The standard InChI is InChI=1S/C15H14N4S/c1-3-7-13(8-4-1)11-20-15(16-12-17-19-15)18-14-9-5-2-6-10-14/h1-10,12,18H,11H2. The van der Waals surface area contributed by atoms with E-state index in [9.17, 15) is 0 Å². The summed E-state index contributed by atoms with van der Waals surface area (Å²) in [7, 11) is 0. The van der Waals surface area contributed by atoms with Crippen LogP contribution in [0.1, 0.15) is 5.56 Å². The molecule has 0 aliphatic carbocycles. The summed E-state index contributed by atoms with van der Waals surface area (Å²) < 4.78 is 0. The van der Waals surface area contributed by atoms with Gasteiger partial charge in [0.15, 0.2) is 0 Å². The summed E-state index contributed by atoms with van der Waals surface area (Å²) in [5, 5.41) is 10.7. The van der Waals surface area contributed by atoms with Gasteiger partial charge in [0.1, 0.15) is 6.34 Å². The summed E-state index contributed by atoms with van der Waals surface area (Å²) in [6.07, 6.45) is 1.49. The number of rotatable bonds is 5. The molecule has 0 aromatic heterocycles. The smallest absolute Gasteiger partial charge is 0.296 e. The Morgan fingerprint density at radius 1 is 0.950 bits per heavy atom. The zero-order valence-electron chi connectivity index (χ0n) is 10.8. The van der Waals surface area contributed by atoms with Crippen molar-refractivity contribution in [1.29, 1.82) is 0 Å². The van der Waals surface area contributed by atoms with Crippen molar-refractivity contribution < 1.29 is 0 Å². The van der Waals surface area contributed by atoms with Gasteiger partial charge in [-0.2, -0.15) is 0 Å². The minimum absolute atomic E-state index is 0.753. The third-order valence-corrected chi connectivity index (χ3v) is 4.01. The number of aliphatic imine (C=N–C) groups is 1. The molecule has 0 radical (unpaired) electrons. The average molecular weight is 282 g/mol. The molecule has 5 heteroatoms. The van der Waals surface area contributed by atoms with Crippen LogP contribution >= 0.6 is 11.8 Å². The van der Waals surface area contributed by atoms with Gasteiger partial charge in [-0.05, 0) is 17.7 Å². The van der Waals surface area contributed by atoms with Crippen molar-refractivity contribution in [2.75, 3.05) is 5.32 Å². The maximum absolute atomic E-state index is 4.37. The third-order valence-electron chi connectivity index (χ3n) is 2.84. The van der Waals surface area contributed by atoms with Gasteiger partial charge in [0.2, 0.25) is 0 Å². The highest BCUT2D eigenvalue weighted by Crippen LogP contribution is 2.35. The van der Waals surface area contributed by atoms with E-state index in [1.54, 1.807) is 11.8 Å². The lowest BCUT2D eigenvalue weighted by Gasteiger charge is -2.23. The van der Waals surface area contributed by atoms with Crippen LogP contribution in [0.4, 0.5) is 5.69 Å². The van der Waals surface area contributed by atoms with Crippen molar-refractivity contribution in [3.05, 3.63) is 66.2 Å². The predicted molar refractivity (Wildman–Crippen MR) is 83.9 cm³/mol. The van der Waals surface area contributed by atoms with Crippen molar-refractivity contribution in [2.24, 2.45) is 15.2 Å². The van der Waals surface area contributed by atoms with Crippen LogP contribution in [-0.2, 0) is 5.75 Å². The Morgan fingerprint density at radius 3 is 2.30 bits per heavy atom. The second-order valence-electron chi connectivity index (χ2n) is 4.33. The molecule has 1 aliphatic heterocycles. The highest BCUT2D eigenvalue weighted by atomic mass is 32.2. The van der Waals surface area contributed by atoms with Gasteiger partial charge >= 0.3 is 0 Å². The number of anilines is 1. The van der Waals surface area contributed by atoms with E-state index in [1.807, 2.05) is 48.5 Å². The van der Waals surface area contributed by atoms with E-state index in [-0.39, 0.29) is 0 Å². The fraction of sp³-hybridized carbons (Fsp3) is 0.133. The molecular formula is C15H14N4S. The molecule has 1 aliphatic rings. The Morgan fingerprint density at radius 2 is 1.65 bits per heavy atom. The van der Waals surface area contributed by atoms with Crippen LogP contribution < -0.4 is 5.32 Å². The first kappa shape index (κ1) is 12.9. The number of azo groups is 1. The van der Waals surface area contributed by atoms with Gasteiger partial charge < -0.3 is 5.32 Å². The van der Waals surface area contributed by atoms with Crippen molar-refractivity contribution in [2.45, 2.75) is 10.9 Å². The Kier molecular flexibility index (Phi) is 3.78. The summed E-state index contributed by atoms with van der Waals surface area (Å²) in [5.74, 6) is 0.817. The van der Waals surface area contributed by atoms with Gasteiger partial charge in [0, 0.05) is 11.4 Å². The molecule has 1 N–H and O–H groups in total. The zero-order chi connectivity index (χ0) is 13.7. The summed E-state index contributed by atoms with van der Waals surface area (Å²) in [6.45, 7) is 0. The topological polar surface area (TPSA) is 49.1 Å². The molecular weight excluding hydrogens is 268 g/mol. The summed E-state index contributed by atoms with van der Waals surface area (Å²) in [6, 6.07) is 20.2. The second-order valence-corrected chi connectivity index (χ2v) is 5.48. The molecule has 3 rings (SSSR count). The Bertz CT molecular complexity index is 598. The van der Waals surface area contributed by atoms with Gasteiger partial charge in [-0.15, -0.1) is 10.2 Å². The van der Waals surface area contributed by atoms with Crippen molar-refractivity contribution >= 4 is 23.8 Å². The lowest BCUT2D eigenvalue weighted by Crippen LogP contribution is -2.28. The quantitative estimate of drug-likeness (QED) is 0.838. The normalized spacial score (nSPS) is 20.2. The monoisotopic (exact) mass is 282 g/mol. The van der Waals surface area contributed by atoms with E-state index in [0.29, 0.717) is 0 Å². The lowest BCUT2D eigenvalue weighted by molar-refractivity contribution is 0.734. The number of hydrogen-bond donors (Lipinski definition) is 1. The average Bonchev–Trinajstić information content (AvgIpc) is 2.96. The van der Waals surface area contributed by atoms with Gasteiger partial charge in [0.25, 0.3) is 5.12 Å². The maximum atomic E-state index is 4.37. The fourth-order valence-corrected chi connectivity index (χ4v) is 2.84. The van der Waals surface area contributed by atoms with Gasteiger partial charge in [0.05, 0.1) is 0 Å². The molecule has 2 aromatic rings. The molecule has 20 heavy (non-hydrogen) atoms. The number of nitrogens with one attached hydrogen (secondary N) is 1. The molecule has 0 fully saturated rings. The highest BCUT2D eigenvalue weighted by molar-refractivity contribution is 8.00. The van der Waals surface area contributed by atoms with E-state index in [1.165, 1.54) is 11.9 Å². The first-order valence-corrected chi connectivity index (χ1v) is 7.32. The Balaban J connectivity index is 1.72. The number of thioether (sulfide) groups is 1. The first-order chi connectivity index (χ1) is 9.86. The number of para-hydroxylation sites is 1. The van der Waals surface area contributed by atoms with Gasteiger partial charge in [-0.25, -0.2) is 4.99 Å². The van der Waals surface area contributed by atoms with Crippen LogP contribution in [0.5, 0.6) is 0 Å². The van der Waals surface area contributed by atoms with Crippen LogP contribution in [0.2, 0.25) is 0 Å². The molecule has 0 saturated carbocycles. The largest absolute Gasteiger partial charge is 0.332 e. The molecule has 0 spiro atoms. The molecule has 2 aromatic carbocycles. The molecule has 1 unspecified atom stereocenters. The first-order valence-electron chi connectivity index (χ1n) is 6.33. The molecule has 0 amide bonds. The van der Waals surface area contributed by atoms with Crippen LogP contribution in [0.15, 0.2) is 75.9 Å². The summed E-state index contributed by atoms with van der Waals surface area (Å²) >= 11 is 1.61. The highest BCUT2D eigenvalue weighted by Gasteiger charge is 2.31. The van der Waals surface area contributed by atoms with Crippen LogP contribution in [0, 0.1) is 0 Å². The van der Waals surface area contributed by atoms with E-state index >= 15 is 0 Å². The second kappa shape index (κ2) is 5.88. The lowest BCUT2D eigenvalue weighted by atomic mass is 10.2. The summed E-state index contributed by atoms with van der Waals surface area (Å²) in [5.41, 5.74) is 2.22. The Labute approximate surface area is 122 Å². The molecule has 0 bridgehead atoms. The van der Waals surface area contributed by atoms with E-state index in [4.69, 9.17) is 0 Å². The number of hydrogen-bond acceptors (Lipinski definition) is 5. The van der Waals surface area contributed by atoms with Crippen LogP contribution in [0.25, 0.3) is 0 Å². The fourth-order valence-electron chi connectivity index (χ4n) is 1.86. The van der Waals surface area contributed by atoms with Crippen LogP contribution in [0.3, 0.4) is 0 Å². The molecule has 1 atom stereocenters. The molecule has 100 valence electrons. The Hall–Kier alpha value is -2.14. The third kappa shape index (κ3) is 3.05. The number of nitrogens with zero attached hydrogens (tertiary/aromatic N) is 3. The van der Waals surface area contributed by atoms with E-state index in [2.05, 4.69) is 32.7 Å². The minimum atomic E-state index is -0.753. The molecule has 4 nitrogen and oxygen atoms in total.